The predicted molar refractivity (Wildman–Crippen MR) is 46.9 cm³/mol. The van der Waals surface area contributed by atoms with Crippen LogP contribution in [0.5, 0.6) is 0 Å². The molecule has 12 heavy (non-hydrogen) atoms. The molecule has 1 N–H and O–H groups in total. The summed E-state index contributed by atoms with van der Waals surface area (Å²) >= 11 is 0. The van der Waals surface area contributed by atoms with Gasteiger partial charge in [0.05, 0.1) is 5.54 Å². The Labute approximate surface area is 71.6 Å². The van der Waals surface area contributed by atoms with E-state index in [0.717, 1.165) is 11.1 Å². The van der Waals surface area contributed by atoms with Crippen molar-refractivity contribution in [3.63, 3.8) is 0 Å². The van der Waals surface area contributed by atoms with Gasteiger partial charge in [0, 0.05) is 5.56 Å². The Morgan fingerprint density at radius 1 is 1.25 bits per heavy atom. The second-order valence-electron chi connectivity index (χ2n) is 3.62. The van der Waals surface area contributed by atoms with Gasteiger partial charge in [-0.15, -0.1) is 0 Å². The molecular formula is C10H11NO. The molecule has 0 radical (unpaired) electrons. The van der Waals surface area contributed by atoms with Gasteiger partial charge in [0.1, 0.15) is 0 Å². The third kappa shape index (κ3) is 0.843. The Balaban J connectivity index is 2.66. The summed E-state index contributed by atoms with van der Waals surface area (Å²) in [6, 6.07) is 7.70. The minimum Gasteiger partial charge on any atom is -0.343 e. The van der Waals surface area contributed by atoms with Crippen LogP contribution in [0.4, 0.5) is 0 Å². The van der Waals surface area contributed by atoms with Crippen LogP contribution in [0.2, 0.25) is 0 Å². The highest BCUT2D eigenvalue weighted by atomic mass is 16.2. The van der Waals surface area contributed by atoms with Gasteiger partial charge in [-0.05, 0) is 25.5 Å². The van der Waals surface area contributed by atoms with Crippen LogP contribution in [-0.4, -0.2) is 5.91 Å². The summed E-state index contributed by atoms with van der Waals surface area (Å²) in [6.07, 6.45) is 0. The Morgan fingerprint density at radius 3 is 2.58 bits per heavy atom. The average molecular weight is 161 g/mol. The van der Waals surface area contributed by atoms with E-state index in [4.69, 9.17) is 0 Å². The van der Waals surface area contributed by atoms with Crippen molar-refractivity contribution < 1.29 is 4.79 Å². The van der Waals surface area contributed by atoms with Crippen LogP contribution in [-0.2, 0) is 5.54 Å². The lowest BCUT2D eigenvalue weighted by molar-refractivity contribution is 0.0940. The van der Waals surface area contributed by atoms with Crippen molar-refractivity contribution >= 4 is 5.91 Å². The third-order valence-electron chi connectivity index (χ3n) is 2.27. The number of amides is 1. The summed E-state index contributed by atoms with van der Waals surface area (Å²) in [5.74, 6) is 0.0376. The SMILES string of the molecule is CC1(C)NC(=O)c2ccccc21. The van der Waals surface area contributed by atoms with Gasteiger partial charge >= 0.3 is 0 Å². The first-order valence-corrected chi connectivity index (χ1v) is 4.03. The minimum atomic E-state index is -0.201. The van der Waals surface area contributed by atoms with Crippen molar-refractivity contribution in [3.05, 3.63) is 35.4 Å². The molecule has 1 aliphatic rings. The highest BCUT2D eigenvalue weighted by molar-refractivity contribution is 5.99. The maximum atomic E-state index is 11.4. The summed E-state index contributed by atoms with van der Waals surface area (Å²) < 4.78 is 0. The zero-order valence-electron chi connectivity index (χ0n) is 7.22. The third-order valence-corrected chi connectivity index (χ3v) is 2.27. The fraction of sp³-hybridized carbons (Fsp3) is 0.300. The number of nitrogens with one attached hydrogen (secondary N) is 1. The molecule has 0 unspecified atom stereocenters. The number of benzene rings is 1. The van der Waals surface area contributed by atoms with Crippen LogP contribution in [0.15, 0.2) is 24.3 Å². The van der Waals surface area contributed by atoms with E-state index in [1.165, 1.54) is 0 Å². The van der Waals surface area contributed by atoms with Crippen molar-refractivity contribution in [2.75, 3.05) is 0 Å². The maximum absolute atomic E-state index is 11.4. The molecule has 0 aromatic heterocycles. The Morgan fingerprint density at radius 2 is 1.92 bits per heavy atom. The average Bonchev–Trinajstić information content (AvgIpc) is 2.25. The molecule has 0 fully saturated rings. The van der Waals surface area contributed by atoms with Crippen molar-refractivity contribution in [1.82, 2.24) is 5.32 Å². The van der Waals surface area contributed by atoms with Crippen LogP contribution in [0.1, 0.15) is 29.8 Å². The number of fused-ring (bicyclic) bond motifs is 1. The van der Waals surface area contributed by atoms with Gasteiger partial charge in [-0.2, -0.15) is 0 Å². The van der Waals surface area contributed by atoms with Gasteiger partial charge in [-0.3, -0.25) is 4.79 Å². The highest BCUT2D eigenvalue weighted by Gasteiger charge is 2.33. The molecule has 1 heterocycles. The topological polar surface area (TPSA) is 29.1 Å². The molecule has 2 rings (SSSR count). The van der Waals surface area contributed by atoms with Crippen molar-refractivity contribution in [3.8, 4) is 0 Å². The zero-order chi connectivity index (χ0) is 8.77. The van der Waals surface area contributed by atoms with E-state index in [-0.39, 0.29) is 11.4 Å². The van der Waals surface area contributed by atoms with Crippen LogP contribution < -0.4 is 5.32 Å². The highest BCUT2D eigenvalue weighted by Crippen LogP contribution is 2.29. The van der Waals surface area contributed by atoms with Crippen molar-refractivity contribution in [2.45, 2.75) is 19.4 Å². The molecule has 2 heteroatoms. The van der Waals surface area contributed by atoms with Crippen LogP contribution in [0.3, 0.4) is 0 Å². The molecule has 1 aromatic carbocycles. The van der Waals surface area contributed by atoms with Crippen LogP contribution in [0, 0.1) is 0 Å². The quantitative estimate of drug-likeness (QED) is 0.616. The maximum Gasteiger partial charge on any atom is 0.252 e. The lowest BCUT2D eigenvalue weighted by Crippen LogP contribution is -2.32. The standard InChI is InChI=1S/C10H11NO/c1-10(2)8-6-4-3-5-7(8)9(12)11-10/h3-6H,1-2H3,(H,11,12). The molecule has 2 nitrogen and oxygen atoms in total. The first kappa shape index (κ1) is 7.35. The summed E-state index contributed by atoms with van der Waals surface area (Å²) in [5.41, 5.74) is 1.70. The van der Waals surface area contributed by atoms with E-state index < -0.39 is 0 Å². The molecule has 1 aromatic rings. The normalized spacial score (nSPS) is 18.7. The summed E-state index contributed by atoms with van der Waals surface area (Å²) in [5, 5.41) is 2.92. The van der Waals surface area contributed by atoms with E-state index in [1.54, 1.807) is 0 Å². The lowest BCUT2D eigenvalue weighted by atomic mass is 9.95. The van der Waals surface area contributed by atoms with E-state index >= 15 is 0 Å². The molecule has 1 aliphatic heterocycles. The first-order valence-electron chi connectivity index (χ1n) is 4.03. The van der Waals surface area contributed by atoms with E-state index in [1.807, 2.05) is 38.1 Å². The number of hydrogen-bond donors (Lipinski definition) is 1. The van der Waals surface area contributed by atoms with Gasteiger partial charge in [-0.1, -0.05) is 18.2 Å². The summed E-state index contributed by atoms with van der Waals surface area (Å²) in [6.45, 7) is 4.02. The molecule has 0 saturated carbocycles. The number of carbonyl (C=O) groups is 1. The molecule has 62 valence electrons. The smallest absolute Gasteiger partial charge is 0.252 e. The Kier molecular flexibility index (Phi) is 1.28. The van der Waals surface area contributed by atoms with Gasteiger partial charge < -0.3 is 5.32 Å². The van der Waals surface area contributed by atoms with E-state index in [2.05, 4.69) is 5.32 Å². The molecule has 0 aliphatic carbocycles. The monoisotopic (exact) mass is 161 g/mol. The molecule has 1 amide bonds. The largest absolute Gasteiger partial charge is 0.343 e. The molecular weight excluding hydrogens is 150 g/mol. The molecule has 0 bridgehead atoms. The van der Waals surface area contributed by atoms with Crippen LogP contribution >= 0.6 is 0 Å². The van der Waals surface area contributed by atoms with Crippen molar-refractivity contribution in [2.24, 2.45) is 0 Å². The van der Waals surface area contributed by atoms with Gasteiger partial charge in [-0.25, -0.2) is 0 Å². The lowest BCUT2D eigenvalue weighted by Gasteiger charge is -2.18. The second-order valence-corrected chi connectivity index (χ2v) is 3.62. The molecule has 0 spiro atoms. The summed E-state index contributed by atoms with van der Waals surface area (Å²) in [7, 11) is 0. The summed E-state index contributed by atoms with van der Waals surface area (Å²) in [4.78, 5) is 11.4. The first-order chi connectivity index (χ1) is 5.61. The van der Waals surface area contributed by atoms with Gasteiger partial charge in [0.2, 0.25) is 0 Å². The number of rotatable bonds is 0. The number of hydrogen-bond acceptors (Lipinski definition) is 1. The van der Waals surface area contributed by atoms with Gasteiger partial charge in [0.25, 0.3) is 5.91 Å². The van der Waals surface area contributed by atoms with Gasteiger partial charge in [0.15, 0.2) is 0 Å². The Bertz CT molecular complexity index is 341. The van der Waals surface area contributed by atoms with Crippen molar-refractivity contribution in [1.29, 1.82) is 0 Å². The molecule has 0 atom stereocenters. The van der Waals surface area contributed by atoms with E-state index in [0.29, 0.717) is 0 Å². The zero-order valence-corrected chi connectivity index (χ0v) is 7.22. The van der Waals surface area contributed by atoms with E-state index in [9.17, 15) is 4.79 Å². The Hall–Kier alpha value is -1.31. The fourth-order valence-corrected chi connectivity index (χ4v) is 1.64. The molecule has 0 saturated heterocycles. The number of carbonyl (C=O) groups excluding carboxylic acids is 1. The predicted octanol–water partition coefficient (Wildman–Crippen LogP) is 1.67. The second kappa shape index (κ2) is 2.09. The minimum absolute atomic E-state index is 0.0376. The van der Waals surface area contributed by atoms with Crippen LogP contribution in [0.25, 0.3) is 0 Å². The fourth-order valence-electron chi connectivity index (χ4n) is 1.64.